The van der Waals surface area contributed by atoms with Crippen LogP contribution in [0.3, 0.4) is 0 Å². The van der Waals surface area contributed by atoms with Crippen molar-refractivity contribution in [2.45, 2.75) is 19.3 Å². The van der Waals surface area contributed by atoms with Gasteiger partial charge in [0.2, 0.25) is 5.91 Å². The van der Waals surface area contributed by atoms with E-state index in [0.29, 0.717) is 5.65 Å². The number of nitrogens with zero attached hydrogens (tertiary/aromatic N) is 4. The second-order valence-corrected chi connectivity index (χ2v) is 8.38. The Morgan fingerprint density at radius 1 is 1.00 bits per heavy atom. The molecule has 0 bridgehead atoms. The minimum Gasteiger partial charge on any atom is -0.326 e. The third-order valence-electron chi connectivity index (χ3n) is 5.36. The van der Waals surface area contributed by atoms with Gasteiger partial charge in [0.25, 0.3) is 0 Å². The fourth-order valence-electron chi connectivity index (χ4n) is 3.75. The lowest BCUT2D eigenvalue weighted by atomic mass is 9.95. The Morgan fingerprint density at radius 2 is 1.88 bits per heavy atom. The molecule has 32 heavy (non-hydrogen) atoms. The van der Waals surface area contributed by atoms with Crippen molar-refractivity contribution < 1.29 is 4.79 Å². The van der Waals surface area contributed by atoms with E-state index >= 15 is 0 Å². The van der Waals surface area contributed by atoms with Gasteiger partial charge in [0.15, 0.2) is 11.5 Å². The number of benzene rings is 2. The molecule has 3 aromatic heterocycles. The Kier molecular flexibility index (Phi) is 5.47. The van der Waals surface area contributed by atoms with Crippen LogP contribution in [0, 0.1) is 0 Å². The first kappa shape index (κ1) is 20.1. The van der Waals surface area contributed by atoms with E-state index in [-0.39, 0.29) is 11.8 Å². The van der Waals surface area contributed by atoms with E-state index in [0.717, 1.165) is 39.6 Å². The number of anilines is 1. The molecular formula is C25H21N5OS. The zero-order chi connectivity index (χ0) is 21.9. The third-order valence-corrected chi connectivity index (χ3v) is 6.22. The van der Waals surface area contributed by atoms with Crippen molar-refractivity contribution in [3.8, 4) is 22.0 Å². The van der Waals surface area contributed by atoms with Crippen molar-refractivity contribution in [3.63, 3.8) is 0 Å². The van der Waals surface area contributed by atoms with Gasteiger partial charge in [0, 0.05) is 11.3 Å². The topological polar surface area (TPSA) is 72.2 Å². The molecule has 158 valence electrons. The van der Waals surface area contributed by atoms with Crippen LogP contribution < -0.4 is 5.32 Å². The molecule has 0 fully saturated rings. The molecule has 7 heteroatoms. The molecule has 0 radical (unpaired) electrons. The third kappa shape index (κ3) is 3.90. The van der Waals surface area contributed by atoms with Crippen LogP contribution >= 0.6 is 11.3 Å². The number of carbonyl (C=O) groups excluding carboxylic acids is 1. The van der Waals surface area contributed by atoms with Gasteiger partial charge < -0.3 is 5.32 Å². The van der Waals surface area contributed by atoms with Crippen LogP contribution in [0.5, 0.6) is 0 Å². The molecule has 3 heterocycles. The summed E-state index contributed by atoms with van der Waals surface area (Å²) in [6, 6.07) is 25.4. The van der Waals surface area contributed by atoms with Crippen LogP contribution in [0.1, 0.15) is 24.8 Å². The number of hydrogen-bond acceptors (Lipinski definition) is 5. The maximum absolute atomic E-state index is 13.0. The van der Waals surface area contributed by atoms with Crippen molar-refractivity contribution in [2.75, 3.05) is 5.32 Å². The lowest BCUT2D eigenvalue weighted by Gasteiger charge is -2.16. The molecule has 6 nitrogen and oxygen atoms in total. The van der Waals surface area contributed by atoms with Gasteiger partial charge in [-0.15, -0.1) is 21.5 Å². The predicted molar refractivity (Wildman–Crippen MR) is 128 cm³/mol. The number of carbonyl (C=O) groups is 1. The number of hydrogen-bond donors (Lipinski definition) is 1. The molecule has 0 aliphatic heterocycles. The molecule has 5 aromatic rings. The smallest absolute Gasteiger partial charge is 0.231 e. The van der Waals surface area contributed by atoms with E-state index in [1.807, 2.05) is 91.2 Å². The molecule has 1 N–H and O–H groups in total. The van der Waals surface area contributed by atoms with Crippen LogP contribution in [0.25, 0.3) is 27.6 Å². The summed E-state index contributed by atoms with van der Waals surface area (Å²) in [4.78, 5) is 14.0. The first-order chi connectivity index (χ1) is 15.7. The average molecular weight is 440 g/mol. The maximum atomic E-state index is 13.0. The first-order valence-electron chi connectivity index (χ1n) is 10.5. The van der Waals surface area contributed by atoms with Crippen LogP contribution in [-0.2, 0) is 4.79 Å². The summed E-state index contributed by atoms with van der Waals surface area (Å²) in [7, 11) is 0. The van der Waals surface area contributed by atoms with Crippen molar-refractivity contribution in [1.82, 2.24) is 19.8 Å². The van der Waals surface area contributed by atoms with E-state index in [1.54, 1.807) is 15.9 Å². The summed E-state index contributed by atoms with van der Waals surface area (Å²) in [5.41, 5.74) is 4.13. The summed E-state index contributed by atoms with van der Waals surface area (Å²) >= 11 is 1.60. The zero-order valence-corrected chi connectivity index (χ0v) is 18.3. The average Bonchev–Trinajstić information content (AvgIpc) is 3.50. The summed E-state index contributed by atoms with van der Waals surface area (Å²) in [6.07, 6.45) is 0.729. The van der Waals surface area contributed by atoms with Gasteiger partial charge in [-0.25, -0.2) is 0 Å². The lowest BCUT2D eigenvalue weighted by Crippen LogP contribution is -2.20. The van der Waals surface area contributed by atoms with E-state index in [9.17, 15) is 4.79 Å². The van der Waals surface area contributed by atoms with Crippen molar-refractivity contribution in [1.29, 1.82) is 0 Å². The highest BCUT2D eigenvalue weighted by Crippen LogP contribution is 2.27. The summed E-state index contributed by atoms with van der Waals surface area (Å²) in [5.74, 6) is 0.507. The van der Waals surface area contributed by atoms with Gasteiger partial charge in [0.05, 0.1) is 16.5 Å². The normalized spacial score (nSPS) is 12.0. The number of aromatic nitrogens is 4. The quantitative estimate of drug-likeness (QED) is 0.371. The number of amides is 1. The second-order valence-electron chi connectivity index (χ2n) is 7.43. The summed E-state index contributed by atoms with van der Waals surface area (Å²) in [6.45, 7) is 2.02. The highest BCUT2D eigenvalue weighted by Gasteiger charge is 2.19. The number of fused-ring (bicyclic) bond motifs is 1. The van der Waals surface area contributed by atoms with Crippen LogP contribution in [0.2, 0.25) is 0 Å². The Hall–Kier alpha value is -3.84. The molecule has 0 aliphatic carbocycles. The maximum Gasteiger partial charge on any atom is 0.231 e. The van der Waals surface area contributed by atoms with Crippen LogP contribution in [0.4, 0.5) is 5.69 Å². The second kappa shape index (κ2) is 8.72. The monoisotopic (exact) mass is 439 g/mol. The van der Waals surface area contributed by atoms with Crippen LogP contribution in [0.15, 0.2) is 84.2 Å². The van der Waals surface area contributed by atoms with Crippen molar-refractivity contribution in [3.05, 3.63) is 89.8 Å². The molecule has 1 atom stereocenters. The summed E-state index contributed by atoms with van der Waals surface area (Å²) < 4.78 is 1.76. The van der Waals surface area contributed by atoms with Gasteiger partial charge in [0.1, 0.15) is 0 Å². The van der Waals surface area contributed by atoms with Crippen molar-refractivity contribution >= 4 is 28.6 Å². The Morgan fingerprint density at radius 3 is 2.66 bits per heavy atom. The molecule has 1 amide bonds. The van der Waals surface area contributed by atoms with Gasteiger partial charge >= 0.3 is 0 Å². The van der Waals surface area contributed by atoms with Gasteiger partial charge in [-0.1, -0.05) is 55.5 Å². The molecule has 0 saturated carbocycles. The fourth-order valence-corrected chi connectivity index (χ4v) is 4.44. The predicted octanol–water partition coefficient (Wildman–Crippen LogP) is 5.65. The molecular weight excluding hydrogens is 418 g/mol. The molecule has 0 unspecified atom stereocenters. The Bertz CT molecular complexity index is 1360. The Balaban J connectivity index is 1.43. The van der Waals surface area contributed by atoms with Gasteiger partial charge in [-0.05, 0) is 47.7 Å². The van der Waals surface area contributed by atoms with E-state index in [4.69, 9.17) is 5.10 Å². The SMILES string of the molecule is CC[C@@H](C(=O)Nc1cccc(-c2ccc3nnc(-c4cccs4)n3n2)c1)c1ccccc1. The van der Waals surface area contributed by atoms with E-state index in [1.165, 1.54) is 0 Å². The molecule has 0 saturated heterocycles. The summed E-state index contributed by atoms with van der Waals surface area (Å²) in [5, 5.41) is 18.4. The molecule has 0 aliphatic rings. The molecule has 5 rings (SSSR count). The molecule has 0 spiro atoms. The first-order valence-corrected chi connectivity index (χ1v) is 11.3. The number of rotatable bonds is 6. The largest absolute Gasteiger partial charge is 0.326 e. The number of nitrogens with one attached hydrogen (secondary N) is 1. The van der Waals surface area contributed by atoms with Gasteiger partial charge in [-0.2, -0.15) is 9.61 Å². The molecule has 2 aromatic carbocycles. The lowest BCUT2D eigenvalue weighted by molar-refractivity contribution is -0.117. The van der Waals surface area contributed by atoms with Crippen molar-refractivity contribution in [2.24, 2.45) is 0 Å². The standard InChI is InChI=1S/C25H21N5OS/c1-2-20(17-8-4-3-5-9-17)25(31)26-19-11-6-10-18(16-19)21-13-14-23-27-28-24(30(23)29-21)22-12-7-15-32-22/h3-16,20H,2H2,1H3,(H,26,31)/t20-/m1/s1. The Labute approximate surface area is 189 Å². The highest BCUT2D eigenvalue weighted by atomic mass is 32.1. The minimum absolute atomic E-state index is 0.0157. The highest BCUT2D eigenvalue weighted by molar-refractivity contribution is 7.13. The van der Waals surface area contributed by atoms with Gasteiger partial charge in [-0.3, -0.25) is 4.79 Å². The minimum atomic E-state index is -0.195. The van der Waals surface area contributed by atoms with E-state index < -0.39 is 0 Å². The fraction of sp³-hybridized carbons (Fsp3) is 0.120. The van der Waals surface area contributed by atoms with E-state index in [2.05, 4.69) is 15.5 Å². The number of thiophene rings is 1. The zero-order valence-electron chi connectivity index (χ0n) is 17.5. The van der Waals surface area contributed by atoms with Crippen LogP contribution in [-0.4, -0.2) is 25.7 Å².